The van der Waals surface area contributed by atoms with Crippen LogP contribution < -0.4 is 5.32 Å². The number of para-hydroxylation sites is 1. The molecule has 1 aliphatic rings. The van der Waals surface area contributed by atoms with Gasteiger partial charge < -0.3 is 19.6 Å². The number of hydrogen-bond donors (Lipinski definition) is 2. The van der Waals surface area contributed by atoms with Gasteiger partial charge in [-0.05, 0) is 35.3 Å². The number of allylic oxidation sites excluding steroid dienone is 2. The lowest BCUT2D eigenvalue weighted by Crippen LogP contribution is -2.58. The van der Waals surface area contributed by atoms with Crippen LogP contribution >= 0.6 is 0 Å². The molecule has 2 atom stereocenters. The van der Waals surface area contributed by atoms with E-state index in [1.54, 1.807) is 0 Å². The fourth-order valence-corrected chi connectivity index (χ4v) is 5.51. The predicted molar refractivity (Wildman–Crippen MR) is 165 cm³/mol. The van der Waals surface area contributed by atoms with Crippen molar-refractivity contribution in [3.05, 3.63) is 126 Å². The monoisotopic (exact) mass is 563 g/mol. The highest BCUT2D eigenvalue weighted by Gasteiger charge is 2.41. The smallest absolute Gasteiger partial charge is 0.303 e. The van der Waals surface area contributed by atoms with Crippen molar-refractivity contribution in [3.63, 3.8) is 0 Å². The third-order valence-corrected chi connectivity index (χ3v) is 7.73. The van der Waals surface area contributed by atoms with Gasteiger partial charge in [-0.15, -0.1) is 0 Å². The Morgan fingerprint density at radius 3 is 2.40 bits per heavy atom. The van der Waals surface area contributed by atoms with Gasteiger partial charge in [-0.1, -0.05) is 104 Å². The van der Waals surface area contributed by atoms with E-state index in [0.717, 1.165) is 58.3 Å². The molecule has 6 heteroatoms. The highest BCUT2D eigenvalue weighted by atomic mass is 16.5. The molecule has 1 heterocycles. The number of unbranched alkanes of at least 4 members (excludes halogenated alkanes) is 1. The molecule has 216 valence electrons. The third kappa shape index (κ3) is 6.89. The molecule has 1 amide bonds. The molecule has 5 rings (SSSR count). The summed E-state index contributed by atoms with van der Waals surface area (Å²) in [6.07, 6.45) is 8.43. The first kappa shape index (κ1) is 29.1. The zero-order valence-corrected chi connectivity index (χ0v) is 23.9. The van der Waals surface area contributed by atoms with Crippen LogP contribution in [0.1, 0.15) is 55.1 Å². The number of hydrogen-bond acceptors (Lipinski definition) is 4. The van der Waals surface area contributed by atoms with E-state index in [1.165, 1.54) is 0 Å². The van der Waals surface area contributed by atoms with E-state index in [-0.39, 0.29) is 18.7 Å². The average Bonchev–Trinajstić information content (AvgIpc) is 3.36. The fourth-order valence-electron chi connectivity index (χ4n) is 5.51. The topological polar surface area (TPSA) is 88.8 Å². The van der Waals surface area contributed by atoms with Crippen molar-refractivity contribution in [1.82, 2.24) is 5.32 Å². The van der Waals surface area contributed by atoms with Gasteiger partial charge in [0, 0.05) is 30.2 Å². The number of aryl methyl sites for hydroxylation is 1. The summed E-state index contributed by atoms with van der Waals surface area (Å²) in [7, 11) is 0. The number of aliphatic carboxylic acids is 1. The van der Waals surface area contributed by atoms with Crippen molar-refractivity contribution in [2.24, 2.45) is 0 Å². The van der Waals surface area contributed by atoms with Gasteiger partial charge in [0.2, 0.25) is 5.91 Å². The second kappa shape index (κ2) is 13.5. The Hall–Kier alpha value is -4.42. The average molecular weight is 564 g/mol. The lowest BCUT2D eigenvalue weighted by molar-refractivity contribution is -0.139. The summed E-state index contributed by atoms with van der Waals surface area (Å²) in [5.74, 6) is -0.440. The molecule has 4 aromatic rings. The minimum atomic E-state index is -1.01. The molecule has 2 N–H and O–H groups in total. The molecule has 0 radical (unpaired) electrons. The van der Waals surface area contributed by atoms with Crippen LogP contribution in [-0.2, 0) is 33.8 Å². The van der Waals surface area contributed by atoms with E-state index in [4.69, 9.17) is 9.15 Å². The molecule has 3 aromatic carbocycles. The number of ether oxygens (including phenoxy) is 1. The number of carbonyl (C=O) groups is 2. The van der Waals surface area contributed by atoms with Crippen molar-refractivity contribution in [2.45, 2.75) is 63.7 Å². The van der Waals surface area contributed by atoms with Crippen molar-refractivity contribution >= 4 is 28.4 Å². The minimum Gasteiger partial charge on any atom is -0.481 e. The SMILES string of the molecule is CCCCc1oc2ccccc2c1CC1(NC(=O)CCC(=O)O)C=CC(c2ccccc2)=CC1OCc1ccccc1. The van der Waals surface area contributed by atoms with Gasteiger partial charge in [0.15, 0.2) is 0 Å². The first-order valence-electron chi connectivity index (χ1n) is 14.6. The van der Waals surface area contributed by atoms with Crippen LogP contribution in [0, 0.1) is 0 Å². The molecule has 6 nitrogen and oxygen atoms in total. The molecular formula is C36H37NO5. The van der Waals surface area contributed by atoms with Crippen molar-refractivity contribution in [2.75, 3.05) is 0 Å². The zero-order chi connectivity index (χ0) is 29.4. The molecule has 1 aliphatic carbocycles. The number of amides is 1. The minimum absolute atomic E-state index is 0.125. The first-order chi connectivity index (χ1) is 20.5. The summed E-state index contributed by atoms with van der Waals surface area (Å²) < 4.78 is 13.0. The van der Waals surface area contributed by atoms with Crippen LogP contribution in [0.5, 0.6) is 0 Å². The summed E-state index contributed by atoms with van der Waals surface area (Å²) in [6.45, 7) is 2.50. The zero-order valence-electron chi connectivity index (χ0n) is 23.9. The lowest BCUT2D eigenvalue weighted by atomic mass is 9.78. The number of carboxylic acid groups (broad SMARTS) is 1. The second-order valence-electron chi connectivity index (χ2n) is 10.8. The van der Waals surface area contributed by atoms with E-state index in [2.05, 4.69) is 36.5 Å². The Morgan fingerprint density at radius 1 is 0.952 bits per heavy atom. The maximum atomic E-state index is 13.3. The molecule has 2 unspecified atom stereocenters. The van der Waals surface area contributed by atoms with Crippen LogP contribution in [0.4, 0.5) is 0 Å². The largest absolute Gasteiger partial charge is 0.481 e. The Morgan fingerprint density at radius 2 is 1.67 bits per heavy atom. The van der Waals surface area contributed by atoms with Gasteiger partial charge in [0.25, 0.3) is 0 Å². The summed E-state index contributed by atoms with van der Waals surface area (Å²) in [6, 6.07) is 28.0. The Labute approximate surface area is 246 Å². The number of benzene rings is 3. The molecular weight excluding hydrogens is 526 g/mol. The van der Waals surface area contributed by atoms with Gasteiger partial charge in [-0.25, -0.2) is 0 Å². The number of fused-ring (bicyclic) bond motifs is 1. The molecule has 0 saturated heterocycles. The molecule has 0 fully saturated rings. The summed E-state index contributed by atoms with van der Waals surface area (Å²) >= 11 is 0. The van der Waals surface area contributed by atoms with Crippen molar-refractivity contribution in [3.8, 4) is 0 Å². The highest BCUT2D eigenvalue weighted by Crippen LogP contribution is 2.37. The number of carboxylic acids is 1. The number of rotatable bonds is 13. The molecule has 1 aromatic heterocycles. The maximum absolute atomic E-state index is 13.3. The van der Waals surface area contributed by atoms with Gasteiger partial charge in [-0.2, -0.15) is 0 Å². The normalized spacial score (nSPS) is 18.1. The van der Waals surface area contributed by atoms with E-state index >= 15 is 0 Å². The van der Waals surface area contributed by atoms with Crippen molar-refractivity contribution < 1.29 is 23.8 Å². The quantitative estimate of drug-likeness (QED) is 0.179. The number of nitrogens with one attached hydrogen (secondary N) is 1. The fraction of sp³-hybridized carbons (Fsp3) is 0.278. The summed E-state index contributed by atoms with van der Waals surface area (Å²) in [5.41, 5.74) is 3.93. The summed E-state index contributed by atoms with van der Waals surface area (Å²) in [5, 5.41) is 13.5. The van der Waals surface area contributed by atoms with Crippen LogP contribution in [0.25, 0.3) is 16.5 Å². The van der Waals surface area contributed by atoms with Gasteiger partial charge in [-0.3, -0.25) is 9.59 Å². The van der Waals surface area contributed by atoms with Crippen LogP contribution in [0.2, 0.25) is 0 Å². The van der Waals surface area contributed by atoms with Crippen molar-refractivity contribution in [1.29, 1.82) is 0 Å². The summed E-state index contributed by atoms with van der Waals surface area (Å²) in [4.78, 5) is 24.6. The molecule has 0 bridgehead atoms. The third-order valence-electron chi connectivity index (χ3n) is 7.73. The molecule has 0 saturated carbocycles. The maximum Gasteiger partial charge on any atom is 0.303 e. The lowest BCUT2D eigenvalue weighted by Gasteiger charge is -2.40. The van der Waals surface area contributed by atoms with Gasteiger partial charge in [0.05, 0.1) is 18.6 Å². The van der Waals surface area contributed by atoms with Crippen LogP contribution in [0.3, 0.4) is 0 Å². The molecule has 42 heavy (non-hydrogen) atoms. The van der Waals surface area contributed by atoms with E-state index < -0.39 is 17.6 Å². The van der Waals surface area contributed by atoms with E-state index in [9.17, 15) is 14.7 Å². The molecule has 0 spiro atoms. The number of furan rings is 1. The Balaban J connectivity index is 1.59. The van der Waals surface area contributed by atoms with Crippen LogP contribution in [0.15, 0.2) is 108 Å². The number of carbonyl (C=O) groups excluding carboxylic acids is 1. The van der Waals surface area contributed by atoms with E-state index in [1.807, 2.05) is 78.9 Å². The van der Waals surface area contributed by atoms with Gasteiger partial charge in [0.1, 0.15) is 17.4 Å². The molecule has 0 aliphatic heterocycles. The van der Waals surface area contributed by atoms with Crippen LogP contribution in [-0.4, -0.2) is 28.6 Å². The first-order valence-corrected chi connectivity index (χ1v) is 14.6. The Kier molecular flexibility index (Phi) is 9.35. The standard InChI is InChI=1S/C36H37NO5/c1-2-3-17-32-30(29-16-10-11-18-31(29)42-32)24-36(37-34(38)19-20-35(39)40)22-21-28(27-14-8-5-9-15-27)23-33(36)41-25-26-12-6-4-7-13-26/h4-16,18,21-23,33H,2-3,17,19-20,24-25H2,1H3,(H,37,38)(H,39,40). The highest BCUT2D eigenvalue weighted by molar-refractivity contribution is 5.85. The predicted octanol–water partition coefficient (Wildman–Crippen LogP) is 7.28. The Bertz CT molecular complexity index is 1570. The van der Waals surface area contributed by atoms with E-state index in [0.29, 0.717) is 13.0 Å². The van der Waals surface area contributed by atoms with Gasteiger partial charge >= 0.3 is 5.97 Å². The second-order valence-corrected chi connectivity index (χ2v) is 10.8.